The SMILES string of the molecule is COC(=O)N1CCN(C(=O)Cc2ccc(Cl)c(Cl)c2)[C@H](CN2CCCC2)[C@@H]1COS(C)(=O)=O. The summed E-state index contributed by atoms with van der Waals surface area (Å²) in [5.41, 5.74) is 0.716. The third-order valence-electron chi connectivity index (χ3n) is 5.99. The zero-order valence-corrected chi connectivity index (χ0v) is 21.0. The molecule has 0 N–H and O–H groups in total. The predicted octanol–water partition coefficient (Wildman–Crippen LogP) is 2.26. The van der Waals surface area contributed by atoms with E-state index in [0.29, 0.717) is 28.7 Å². The lowest BCUT2D eigenvalue weighted by Crippen LogP contribution is -2.66. The van der Waals surface area contributed by atoms with Crippen LogP contribution in [0.3, 0.4) is 0 Å². The summed E-state index contributed by atoms with van der Waals surface area (Å²) in [5, 5.41) is 0.773. The van der Waals surface area contributed by atoms with Crippen LogP contribution in [0.4, 0.5) is 4.79 Å². The zero-order chi connectivity index (χ0) is 24.2. The van der Waals surface area contributed by atoms with E-state index < -0.39 is 28.3 Å². The van der Waals surface area contributed by atoms with Gasteiger partial charge in [-0.05, 0) is 43.6 Å². The van der Waals surface area contributed by atoms with Crippen molar-refractivity contribution in [1.29, 1.82) is 0 Å². The fourth-order valence-electron chi connectivity index (χ4n) is 4.39. The minimum absolute atomic E-state index is 0.102. The Bertz CT molecular complexity index is 971. The summed E-state index contributed by atoms with van der Waals surface area (Å²) in [4.78, 5) is 31.2. The molecule has 1 aromatic rings. The van der Waals surface area contributed by atoms with Gasteiger partial charge in [0.2, 0.25) is 5.91 Å². The van der Waals surface area contributed by atoms with Gasteiger partial charge in [0.25, 0.3) is 10.1 Å². The number of amides is 2. The second-order valence-electron chi connectivity index (χ2n) is 8.31. The molecule has 1 aromatic carbocycles. The third-order valence-corrected chi connectivity index (χ3v) is 7.30. The summed E-state index contributed by atoms with van der Waals surface area (Å²) in [6.07, 6.45) is 2.58. The van der Waals surface area contributed by atoms with Crippen LogP contribution in [0.15, 0.2) is 18.2 Å². The number of hydrogen-bond acceptors (Lipinski definition) is 7. The molecule has 0 saturated carbocycles. The second-order valence-corrected chi connectivity index (χ2v) is 10.8. The summed E-state index contributed by atoms with van der Waals surface area (Å²) in [6, 6.07) is 3.90. The van der Waals surface area contributed by atoms with Gasteiger partial charge in [0.05, 0.1) is 48.5 Å². The zero-order valence-electron chi connectivity index (χ0n) is 18.7. The number of ether oxygens (including phenoxy) is 1. The number of carbonyl (C=O) groups is 2. The van der Waals surface area contributed by atoms with Crippen LogP contribution >= 0.6 is 23.2 Å². The summed E-state index contributed by atoms with van der Waals surface area (Å²) in [6.45, 7) is 2.49. The fourth-order valence-corrected chi connectivity index (χ4v) is 5.09. The first kappa shape index (κ1) is 26.0. The lowest BCUT2D eigenvalue weighted by atomic mass is 10.00. The maximum atomic E-state index is 13.4. The number of nitrogens with zero attached hydrogens (tertiary/aromatic N) is 3. The number of halogens is 2. The normalized spacial score (nSPS) is 21.9. The Morgan fingerprint density at radius 1 is 1.03 bits per heavy atom. The van der Waals surface area contributed by atoms with Gasteiger partial charge in [0.1, 0.15) is 0 Å². The first-order chi connectivity index (χ1) is 15.6. The van der Waals surface area contributed by atoms with Crippen molar-refractivity contribution >= 4 is 45.3 Å². The van der Waals surface area contributed by atoms with Gasteiger partial charge in [-0.1, -0.05) is 29.3 Å². The van der Waals surface area contributed by atoms with Gasteiger partial charge >= 0.3 is 6.09 Å². The van der Waals surface area contributed by atoms with Gasteiger partial charge in [-0.2, -0.15) is 8.42 Å². The molecule has 2 amide bonds. The minimum Gasteiger partial charge on any atom is -0.453 e. The standard InChI is InChI=1S/C21H29Cl2N3O6S/c1-31-21(28)26-10-9-25(20(27)12-15-5-6-16(22)17(23)11-15)18(13-24-7-3-4-8-24)19(26)14-32-33(2,29)30/h5-6,11,18-19H,3-4,7-10,12-14H2,1-2H3/t18-,19+/m1/s1. The summed E-state index contributed by atoms with van der Waals surface area (Å²) in [5.74, 6) is -0.147. The predicted molar refractivity (Wildman–Crippen MR) is 125 cm³/mol. The van der Waals surface area contributed by atoms with E-state index in [1.807, 2.05) is 0 Å². The van der Waals surface area contributed by atoms with Gasteiger partial charge in [-0.15, -0.1) is 0 Å². The Balaban J connectivity index is 1.88. The van der Waals surface area contributed by atoms with Crippen LogP contribution in [0.25, 0.3) is 0 Å². The monoisotopic (exact) mass is 521 g/mol. The van der Waals surface area contributed by atoms with Crippen LogP contribution in [0.5, 0.6) is 0 Å². The van der Waals surface area contributed by atoms with E-state index in [1.54, 1.807) is 23.1 Å². The van der Waals surface area contributed by atoms with Crippen LogP contribution in [0, 0.1) is 0 Å². The highest BCUT2D eigenvalue weighted by Gasteiger charge is 2.43. The molecule has 0 spiro atoms. The molecular formula is C21H29Cl2N3O6S. The number of hydrogen-bond donors (Lipinski definition) is 0. The molecule has 2 heterocycles. The van der Waals surface area contributed by atoms with Gasteiger partial charge in [0, 0.05) is 19.6 Å². The molecule has 33 heavy (non-hydrogen) atoms. The smallest absolute Gasteiger partial charge is 0.409 e. The average molecular weight is 522 g/mol. The van der Waals surface area contributed by atoms with Crippen LogP contribution in [0.1, 0.15) is 18.4 Å². The number of piperazine rings is 1. The van der Waals surface area contributed by atoms with E-state index in [0.717, 1.165) is 32.2 Å². The lowest BCUT2D eigenvalue weighted by Gasteiger charge is -2.47. The van der Waals surface area contributed by atoms with Gasteiger partial charge in [0.15, 0.2) is 0 Å². The molecular weight excluding hydrogens is 493 g/mol. The molecule has 2 saturated heterocycles. The molecule has 9 nitrogen and oxygen atoms in total. The van der Waals surface area contributed by atoms with E-state index in [4.69, 9.17) is 32.1 Å². The summed E-state index contributed by atoms with van der Waals surface area (Å²) < 4.78 is 33.5. The van der Waals surface area contributed by atoms with Crippen LogP contribution < -0.4 is 0 Å². The molecule has 12 heteroatoms. The molecule has 2 atom stereocenters. The molecule has 2 fully saturated rings. The molecule has 0 radical (unpaired) electrons. The van der Waals surface area contributed by atoms with Crippen molar-refractivity contribution in [1.82, 2.24) is 14.7 Å². The Morgan fingerprint density at radius 3 is 2.30 bits per heavy atom. The molecule has 0 unspecified atom stereocenters. The highest BCUT2D eigenvalue weighted by Crippen LogP contribution is 2.26. The Morgan fingerprint density at radius 2 is 1.70 bits per heavy atom. The Labute approximate surface area is 204 Å². The van der Waals surface area contributed by atoms with E-state index in [2.05, 4.69) is 4.90 Å². The van der Waals surface area contributed by atoms with Crippen molar-refractivity contribution in [3.05, 3.63) is 33.8 Å². The lowest BCUT2D eigenvalue weighted by molar-refractivity contribution is -0.138. The first-order valence-corrected chi connectivity index (χ1v) is 13.3. The highest BCUT2D eigenvalue weighted by molar-refractivity contribution is 7.85. The van der Waals surface area contributed by atoms with Crippen molar-refractivity contribution in [3.8, 4) is 0 Å². The molecule has 2 aliphatic rings. The number of carbonyl (C=O) groups excluding carboxylic acids is 2. The van der Waals surface area contributed by atoms with Crippen molar-refractivity contribution in [2.45, 2.75) is 31.3 Å². The average Bonchev–Trinajstić information content (AvgIpc) is 3.27. The summed E-state index contributed by atoms with van der Waals surface area (Å²) in [7, 11) is -2.48. The van der Waals surface area contributed by atoms with E-state index in [9.17, 15) is 18.0 Å². The summed E-state index contributed by atoms with van der Waals surface area (Å²) >= 11 is 12.1. The largest absolute Gasteiger partial charge is 0.453 e. The molecule has 0 aliphatic carbocycles. The topological polar surface area (TPSA) is 96.5 Å². The molecule has 0 aromatic heterocycles. The van der Waals surface area contributed by atoms with Crippen molar-refractivity contribution in [2.75, 3.05) is 52.7 Å². The third kappa shape index (κ3) is 6.95. The van der Waals surface area contributed by atoms with Gasteiger partial charge < -0.3 is 14.5 Å². The van der Waals surface area contributed by atoms with E-state index >= 15 is 0 Å². The maximum absolute atomic E-state index is 13.4. The quantitative estimate of drug-likeness (QED) is 0.507. The molecule has 2 aliphatic heterocycles. The maximum Gasteiger partial charge on any atom is 0.409 e. The number of likely N-dealkylation sites (tertiary alicyclic amines) is 1. The minimum atomic E-state index is -3.75. The molecule has 3 rings (SSSR count). The first-order valence-electron chi connectivity index (χ1n) is 10.7. The van der Waals surface area contributed by atoms with Crippen molar-refractivity contribution in [3.63, 3.8) is 0 Å². The number of benzene rings is 1. The Hall–Kier alpha value is -1.59. The molecule has 0 bridgehead atoms. The van der Waals surface area contributed by atoms with Gasteiger partial charge in [-0.3, -0.25) is 13.9 Å². The number of rotatable bonds is 7. The van der Waals surface area contributed by atoms with Crippen molar-refractivity contribution < 1.29 is 26.9 Å². The Kier molecular flexibility index (Phi) is 8.85. The van der Waals surface area contributed by atoms with Crippen molar-refractivity contribution in [2.24, 2.45) is 0 Å². The van der Waals surface area contributed by atoms with Gasteiger partial charge in [-0.25, -0.2) is 4.79 Å². The number of methoxy groups -OCH3 is 1. The fraction of sp³-hybridized carbons (Fsp3) is 0.619. The van der Waals surface area contributed by atoms with Crippen LogP contribution in [-0.2, 0) is 30.3 Å². The van der Waals surface area contributed by atoms with E-state index in [1.165, 1.54) is 12.0 Å². The molecule has 184 valence electrons. The van der Waals surface area contributed by atoms with E-state index in [-0.39, 0.29) is 25.5 Å². The second kappa shape index (κ2) is 11.2. The highest BCUT2D eigenvalue weighted by atomic mass is 35.5. The van der Waals surface area contributed by atoms with Crippen LogP contribution in [0.2, 0.25) is 10.0 Å². The van der Waals surface area contributed by atoms with Crippen LogP contribution in [-0.4, -0.2) is 99.9 Å².